The van der Waals surface area contributed by atoms with Crippen LogP contribution in [0.2, 0.25) is 0 Å². The van der Waals surface area contributed by atoms with Crippen LogP contribution >= 0.6 is 0 Å². The van der Waals surface area contributed by atoms with Crippen LogP contribution in [0.1, 0.15) is 0 Å². The molecule has 0 aliphatic rings. The predicted molar refractivity (Wildman–Crippen MR) is 69.2 cm³/mol. The van der Waals surface area contributed by atoms with Gasteiger partial charge in [-0.1, -0.05) is 18.2 Å². The molecule has 0 N–H and O–H groups in total. The van der Waals surface area contributed by atoms with E-state index in [2.05, 4.69) is 11.1 Å². The number of rotatable bonds is 1. The molecule has 4 aromatic rings. The van der Waals surface area contributed by atoms with Crippen molar-refractivity contribution >= 4 is 21.9 Å². The van der Waals surface area contributed by atoms with Crippen molar-refractivity contribution in [3.05, 3.63) is 54.9 Å². The van der Waals surface area contributed by atoms with E-state index in [9.17, 15) is 0 Å². The summed E-state index contributed by atoms with van der Waals surface area (Å²) in [7, 11) is 0. The van der Waals surface area contributed by atoms with Crippen molar-refractivity contribution in [3.63, 3.8) is 0 Å². The quantitative estimate of drug-likeness (QED) is 0.495. The number of nitrogens with zero attached hydrogens (tertiary/aromatic N) is 1. The van der Waals surface area contributed by atoms with E-state index < -0.39 is 0 Å². The molecule has 0 spiro atoms. The Morgan fingerprint density at radius 2 is 1.78 bits per heavy atom. The van der Waals surface area contributed by atoms with E-state index in [-0.39, 0.29) is 0 Å². The van der Waals surface area contributed by atoms with Gasteiger partial charge in [-0.05, 0) is 24.3 Å². The van der Waals surface area contributed by atoms with Gasteiger partial charge in [0.15, 0.2) is 0 Å². The number of furan rings is 1. The number of hydrogen-bond acceptors (Lipinski definition) is 3. The molecule has 0 fully saturated rings. The number of fused-ring (bicyclic) bond motifs is 3. The summed E-state index contributed by atoms with van der Waals surface area (Å²) in [6, 6.07) is 14.0. The summed E-state index contributed by atoms with van der Waals surface area (Å²) < 4.78 is 11.1. The summed E-state index contributed by atoms with van der Waals surface area (Å²) in [4.78, 5) is 4.14. The SMILES string of the molecule is c1ccc2c(c1)oc1cc(-c3ncco3)ccc12. The van der Waals surface area contributed by atoms with Crippen LogP contribution in [-0.4, -0.2) is 4.98 Å². The van der Waals surface area contributed by atoms with Gasteiger partial charge in [-0.25, -0.2) is 4.98 Å². The maximum absolute atomic E-state index is 5.82. The van der Waals surface area contributed by atoms with Crippen LogP contribution in [-0.2, 0) is 0 Å². The van der Waals surface area contributed by atoms with E-state index in [1.54, 1.807) is 12.5 Å². The number of benzene rings is 2. The Bertz CT molecular complexity index is 828. The molecule has 4 rings (SSSR count). The van der Waals surface area contributed by atoms with E-state index >= 15 is 0 Å². The minimum Gasteiger partial charge on any atom is -0.456 e. The average Bonchev–Trinajstić information content (AvgIpc) is 3.05. The lowest BCUT2D eigenvalue weighted by Crippen LogP contribution is -1.75. The zero-order valence-corrected chi connectivity index (χ0v) is 9.46. The Labute approximate surface area is 103 Å². The van der Waals surface area contributed by atoms with Gasteiger partial charge in [0.25, 0.3) is 0 Å². The fraction of sp³-hybridized carbons (Fsp3) is 0. The molecule has 0 aliphatic heterocycles. The molecule has 2 aromatic heterocycles. The van der Waals surface area contributed by atoms with Crippen LogP contribution in [0.5, 0.6) is 0 Å². The monoisotopic (exact) mass is 235 g/mol. The first-order valence-corrected chi connectivity index (χ1v) is 5.73. The average molecular weight is 235 g/mol. The van der Waals surface area contributed by atoms with Crippen LogP contribution in [0, 0.1) is 0 Å². The molecule has 2 aromatic carbocycles. The Morgan fingerprint density at radius 1 is 0.889 bits per heavy atom. The fourth-order valence-electron chi connectivity index (χ4n) is 2.22. The lowest BCUT2D eigenvalue weighted by molar-refractivity contribution is 0.574. The number of aromatic nitrogens is 1. The van der Waals surface area contributed by atoms with E-state index in [4.69, 9.17) is 8.83 Å². The minimum absolute atomic E-state index is 0.609. The molecule has 0 aliphatic carbocycles. The van der Waals surface area contributed by atoms with Crippen molar-refractivity contribution in [2.75, 3.05) is 0 Å². The van der Waals surface area contributed by atoms with E-state index in [0.717, 1.165) is 27.5 Å². The normalized spacial score (nSPS) is 11.3. The highest BCUT2D eigenvalue weighted by atomic mass is 16.3. The predicted octanol–water partition coefficient (Wildman–Crippen LogP) is 4.24. The second kappa shape index (κ2) is 3.47. The first kappa shape index (κ1) is 9.48. The summed E-state index contributed by atoms with van der Waals surface area (Å²) >= 11 is 0. The van der Waals surface area contributed by atoms with E-state index in [0.29, 0.717) is 5.89 Å². The van der Waals surface area contributed by atoms with Crippen molar-refractivity contribution in [3.8, 4) is 11.5 Å². The zero-order chi connectivity index (χ0) is 11.9. The minimum atomic E-state index is 0.609. The van der Waals surface area contributed by atoms with Gasteiger partial charge in [0, 0.05) is 16.3 Å². The lowest BCUT2D eigenvalue weighted by Gasteiger charge is -1.94. The van der Waals surface area contributed by atoms with Crippen LogP contribution in [0.3, 0.4) is 0 Å². The second-order valence-corrected chi connectivity index (χ2v) is 4.15. The van der Waals surface area contributed by atoms with Gasteiger partial charge in [-0.2, -0.15) is 0 Å². The second-order valence-electron chi connectivity index (χ2n) is 4.15. The summed E-state index contributed by atoms with van der Waals surface area (Å²) in [5, 5.41) is 2.24. The van der Waals surface area contributed by atoms with Gasteiger partial charge in [-0.15, -0.1) is 0 Å². The Hall–Kier alpha value is -2.55. The van der Waals surface area contributed by atoms with Crippen LogP contribution < -0.4 is 0 Å². The van der Waals surface area contributed by atoms with E-state index in [1.807, 2.05) is 36.4 Å². The van der Waals surface area contributed by atoms with Crippen molar-refractivity contribution < 1.29 is 8.83 Å². The fourth-order valence-corrected chi connectivity index (χ4v) is 2.22. The molecule has 0 bridgehead atoms. The maximum Gasteiger partial charge on any atom is 0.225 e. The molecule has 0 saturated heterocycles. The van der Waals surface area contributed by atoms with Gasteiger partial charge in [-0.3, -0.25) is 0 Å². The molecule has 0 atom stereocenters. The third-order valence-electron chi connectivity index (χ3n) is 3.06. The van der Waals surface area contributed by atoms with Gasteiger partial charge in [0.1, 0.15) is 17.4 Å². The lowest BCUT2D eigenvalue weighted by atomic mass is 10.1. The molecular weight excluding hydrogens is 226 g/mol. The van der Waals surface area contributed by atoms with Crippen LogP contribution in [0.25, 0.3) is 33.4 Å². The molecule has 0 unspecified atom stereocenters. The molecule has 0 amide bonds. The molecule has 3 nitrogen and oxygen atoms in total. The highest BCUT2D eigenvalue weighted by molar-refractivity contribution is 6.05. The summed E-state index contributed by atoms with van der Waals surface area (Å²) in [5.41, 5.74) is 2.68. The van der Waals surface area contributed by atoms with Crippen LogP contribution in [0.4, 0.5) is 0 Å². The smallest absolute Gasteiger partial charge is 0.225 e. The third-order valence-corrected chi connectivity index (χ3v) is 3.06. The third kappa shape index (κ3) is 1.27. The first-order chi connectivity index (χ1) is 8.92. The van der Waals surface area contributed by atoms with Gasteiger partial charge < -0.3 is 8.83 Å². The first-order valence-electron chi connectivity index (χ1n) is 5.73. The molecule has 18 heavy (non-hydrogen) atoms. The highest BCUT2D eigenvalue weighted by Gasteiger charge is 2.09. The molecule has 0 radical (unpaired) electrons. The Kier molecular flexibility index (Phi) is 1.83. The van der Waals surface area contributed by atoms with E-state index in [1.165, 1.54) is 0 Å². The summed E-state index contributed by atoms with van der Waals surface area (Å²) in [6.07, 6.45) is 3.20. The number of oxazole rings is 1. The van der Waals surface area contributed by atoms with Crippen molar-refractivity contribution in [2.45, 2.75) is 0 Å². The van der Waals surface area contributed by atoms with Gasteiger partial charge >= 0.3 is 0 Å². The van der Waals surface area contributed by atoms with Crippen molar-refractivity contribution in [2.24, 2.45) is 0 Å². The molecular formula is C15H9NO2. The van der Waals surface area contributed by atoms with Gasteiger partial charge in [0.05, 0.1) is 6.20 Å². The number of hydrogen-bond donors (Lipinski definition) is 0. The Morgan fingerprint density at radius 3 is 2.67 bits per heavy atom. The summed E-state index contributed by atoms with van der Waals surface area (Å²) in [6.45, 7) is 0. The Balaban J connectivity index is 2.04. The largest absolute Gasteiger partial charge is 0.456 e. The highest BCUT2D eigenvalue weighted by Crippen LogP contribution is 2.31. The molecule has 0 saturated carbocycles. The zero-order valence-electron chi connectivity index (χ0n) is 9.46. The number of para-hydroxylation sites is 1. The van der Waals surface area contributed by atoms with Crippen molar-refractivity contribution in [1.29, 1.82) is 0 Å². The van der Waals surface area contributed by atoms with Crippen molar-refractivity contribution in [1.82, 2.24) is 4.98 Å². The van der Waals surface area contributed by atoms with Gasteiger partial charge in [0.2, 0.25) is 5.89 Å². The molecule has 86 valence electrons. The molecule has 2 heterocycles. The summed E-state index contributed by atoms with van der Waals surface area (Å²) in [5.74, 6) is 0.609. The maximum atomic E-state index is 5.82. The standard InChI is InChI=1S/C15H9NO2/c1-2-4-13-11(3-1)12-6-5-10(9-14(12)18-13)15-16-7-8-17-15/h1-9H. The topological polar surface area (TPSA) is 39.2 Å². The molecule has 3 heteroatoms. The van der Waals surface area contributed by atoms with Crippen LogP contribution in [0.15, 0.2) is 63.8 Å².